The quantitative estimate of drug-likeness (QED) is 0.710. The van der Waals surface area contributed by atoms with Gasteiger partial charge in [0.2, 0.25) is 0 Å². The van der Waals surface area contributed by atoms with Gasteiger partial charge in [-0.2, -0.15) is 0 Å². The number of nitrogens with one attached hydrogen (secondary N) is 2. The Morgan fingerprint density at radius 1 is 1.10 bits per heavy atom. The van der Waals surface area contributed by atoms with Crippen molar-refractivity contribution in [1.82, 2.24) is 9.29 Å². The first kappa shape index (κ1) is 20.1. The van der Waals surface area contributed by atoms with Crippen LogP contribution >= 0.6 is 0 Å². The number of aromatic nitrogens is 1. The number of benzene rings is 1. The molecule has 31 heavy (non-hydrogen) atoms. The molecule has 5 rings (SSSR count). The van der Waals surface area contributed by atoms with Crippen LogP contribution in [0.5, 0.6) is 0 Å². The predicted octanol–water partition coefficient (Wildman–Crippen LogP) is 2.92. The maximum atomic E-state index is 13.0. The summed E-state index contributed by atoms with van der Waals surface area (Å²) in [5.41, 5.74) is 4.97. The Hall–Kier alpha value is -2.81. The van der Waals surface area contributed by atoms with Crippen LogP contribution in [0.1, 0.15) is 65.0 Å². The summed E-state index contributed by atoms with van der Waals surface area (Å²) in [4.78, 5) is 24.9. The van der Waals surface area contributed by atoms with Gasteiger partial charge in [-0.25, -0.2) is 22.7 Å². The van der Waals surface area contributed by atoms with Gasteiger partial charge in [0.15, 0.2) is 0 Å². The van der Waals surface area contributed by atoms with Crippen molar-refractivity contribution in [2.24, 2.45) is 7.05 Å². The molecule has 1 aromatic heterocycles. The van der Waals surface area contributed by atoms with Crippen molar-refractivity contribution in [2.75, 3.05) is 5.32 Å². The second-order valence-electron chi connectivity index (χ2n) is 9.02. The molecule has 164 valence electrons. The van der Waals surface area contributed by atoms with E-state index < -0.39 is 27.6 Å². The van der Waals surface area contributed by atoms with Crippen molar-refractivity contribution in [2.45, 2.75) is 62.9 Å². The minimum Gasteiger partial charge on any atom is -0.450 e. The van der Waals surface area contributed by atoms with Gasteiger partial charge in [-0.1, -0.05) is 6.07 Å². The normalized spacial score (nSPS) is 18.4. The molecule has 8 nitrogen and oxygen atoms in total. The Kier molecular flexibility index (Phi) is 4.28. The number of nitrogens with zero attached hydrogens (tertiary/aromatic N) is 1. The highest BCUT2D eigenvalue weighted by Gasteiger charge is 2.45. The van der Waals surface area contributed by atoms with Crippen molar-refractivity contribution < 1.29 is 22.7 Å². The fourth-order valence-corrected chi connectivity index (χ4v) is 6.49. The lowest BCUT2D eigenvalue weighted by molar-refractivity contribution is 0.00686. The number of aryl methyl sites for hydroxylation is 3. The Morgan fingerprint density at radius 3 is 2.32 bits per heavy atom. The summed E-state index contributed by atoms with van der Waals surface area (Å²) < 4.78 is 35.1. The van der Waals surface area contributed by atoms with Gasteiger partial charge in [0.1, 0.15) is 16.1 Å². The molecule has 2 amide bonds. The summed E-state index contributed by atoms with van der Waals surface area (Å²) in [6.07, 6.45) is 7.11. The van der Waals surface area contributed by atoms with Crippen LogP contribution in [-0.2, 0) is 53.1 Å². The van der Waals surface area contributed by atoms with Gasteiger partial charge in [0.25, 0.3) is 10.0 Å². The van der Waals surface area contributed by atoms with Gasteiger partial charge in [-0.15, -0.1) is 0 Å². The molecular weight excluding hydrogens is 418 g/mol. The van der Waals surface area contributed by atoms with Crippen LogP contribution in [0.15, 0.2) is 17.2 Å². The molecule has 0 saturated carbocycles. The summed E-state index contributed by atoms with van der Waals surface area (Å²) in [5.74, 6) is -0.708. The average Bonchev–Trinajstić information content (AvgIpc) is 3.40. The topological polar surface area (TPSA) is 106 Å². The number of esters is 1. The molecule has 2 heterocycles. The number of hydrogen-bond donors (Lipinski definition) is 2. The van der Waals surface area contributed by atoms with Crippen LogP contribution in [0.25, 0.3) is 0 Å². The van der Waals surface area contributed by atoms with Gasteiger partial charge in [0, 0.05) is 18.9 Å². The fourth-order valence-electron chi connectivity index (χ4n) is 5.34. The summed E-state index contributed by atoms with van der Waals surface area (Å²) >= 11 is 0. The highest BCUT2D eigenvalue weighted by Crippen LogP contribution is 2.40. The zero-order chi connectivity index (χ0) is 22.1. The predicted molar refractivity (Wildman–Crippen MR) is 114 cm³/mol. The molecule has 0 bridgehead atoms. The van der Waals surface area contributed by atoms with Gasteiger partial charge in [-0.05, 0) is 74.6 Å². The molecule has 0 fully saturated rings. The zero-order valence-corrected chi connectivity index (χ0v) is 18.6. The molecule has 0 spiro atoms. The third kappa shape index (κ3) is 3.05. The number of carbonyl (C=O) groups excluding carboxylic acids is 2. The number of hydrogen-bond acceptors (Lipinski definition) is 5. The monoisotopic (exact) mass is 443 g/mol. The van der Waals surface area contributed by atoms with E-state index in [1.54, 1.807) is 25.5 Å². The van der Waals surface area contributed by atoms with Gasteiger partial charge >= 0.3 is 12.0 Å². The number of sulfonamides is 1. The maximum absolute atomic E-state index is 13.0. The molecular formula is C22H25N3O5S. The fraction of sp³-hybridized carbons (Fsp3) is 0.455. The lowest BCUT2D eigenvalue weighted by Crippen LogP contribution is -2.35. The first-order chi connectivity index (χ1) is 14.6. The minimum absolute atomic E-state index is 0.0192. The van der Waals surface area contributed by atoms with E-state index in [1.165, 1.54) is 17.3 Å². The van der Waals surface area contributed by atoms with E-state index in [0.717, 1.165) is 55.3 Å². The number of rotatable bonds is 3. The first-order valence-corrected chi connectivity index (χ1v) is 12.0. The largest absolute Gasteiger partial charge is 0.450 e. The number of carbonyl (C=O) groups is 2. The SMILES string of the molecule is Cn1cc(S(=O)(=O)NC(=O)Nc2c3c(cc4c2CCC4)CCC3)c2c1C(C)(C)OC2=O. The number of urea groups is 1. The number of cyclic esters (lactones) is 1. The lowest BCUT2D eigenvalue weighted by Gasteiger charge is -2.18. The van der Waals surface area contributed by atoms with Gasteiger partial charge in [0.05, 0.1) is 5.69 Å². The van der Waals surface area contributed by atoms with E-state index >= 15 is 0 Å². The van der Waals surface area contributed by atoms with Crippen molar-refractivity contribution in [3.05, 3.63) is 45.8 Å². The Balaban J connectivity index is 1.46. The van der Waals surface area contributed by atoms with Crippen molar-refractivity contribution >= 4 is 27.7 Å². The van der Waals surface area contributed by atoms with E-state index in [1.807, 2.05) is 0 Å². The van der Waals surface area contributed by atoms with E-state index in [0.29, 0.717) is 5.69 Å². The van der Waals surface area contributed by atoms with E-state index in [2.05, 4.69) is 16.1 Å². The minimum atomic E-state index is -4.28. The standard InChI is InChI=1S/C22H25N3O5S/c1-22(2)19-17(20(26)30-22)16(11-25(19)3)31(28,29)24-21(27)23-18-14-8-4-6-12(14)10-13-7-5-9-15(13)18/h10-11H,4-9H2,1-3H3,(H2,23,24,27). The summed E-state index contributed by atoms with van der Waals surface area (Å²) in [6, 6.07) is 1.42. The van der Waals surface area contributed by atoms with Crippen LogP contribution in [-0.4, -0.2) is 25.0 Å². The molecule has 0 radical (unpaired) electrons. The molecule has 0 saturated heterocycles. The highest BCUT2D eigenvalue weighted by molar-refractivity contribution is 7.90. The molecule has 2 aliphatic carbocycles. The van der Waals surface area contributed by atoms with Crippen LogP contribution < -0.4 is 10.0 Å². The smallest absolute Gasteiger partial charge is 0.342 e. The summed E-state index contributed by atoms with van der Waals surface area (Å²) in [5, 5.41) is 2.82. The van der Waals surface area contributed by atoms with Gasteiger partial charge in [-0.3, -0.25) is 0 Å². The van der Waals surface area contributed by atoms with Crippen molar-refractivity contribution in [1.29, 1.82) is 0 Å². The van der Waals surface area contributed by atoms with E-state index in [-0.39, 0.29) is 10.5 Å². The zero-order valence-electron chi connectivity index (χ0n) is 17.8. The number of fused-ring (bicyclic) bond motifs is 3. The Labute approximate surface area is 181 Å². The molecule has 0 unspecified atom stereocenters. The van der Waals surface area contributed by atoms with Crippen LogP contribution in [0, 0.1) is 0 Å². The number of anilines is 1. The number of amides is 2. The average molecular weight is 444 g/mol. The number of ether oxygens (including phenoxy) is 1. The third-order valence-corrected chi connectivity index (χ3v) is 7.84. The molecule has 3 aliphatic rings. The highest BCUT2D eigenvalue weighted by atomic mass is 32.2. The molecule has 2 aromatic rings. The molecule has 9 heteroatoms. The lowest BCUT2D eigenvalue weighted by atomic mass is 9.99. The van der Waals surface area contributed by atoms with Gasteiger partial charge < -0.3 is 14.6 Å². The Morgan fingerprint density at radius 2 is 1.71 bits per heavy atom. The maximum Gasteiger partial charge on any atom is 0.342 e. The molecule has 2 N–H and O–H groups in total. The summed E-state index contributed by atoms with van der Waals surface area (Å²) in [7, 11) is -2.63. The second kappa shape index (κ2) is 6.59. The van der Waals surface area contributed by atoms with E-state index in [9.17, 15) is 18.0 Å². The summed E-state index contributed by atoms with van der Waals surface area (Å²) in [6.45, 7) is 3.40. The van der Waals surface area contributed by atoms with Crippen molar-refractivity contribution in [3.8, 4) is 0 Å². The van der Waals surface area contributed by atoms with Crippen LogP contribution in [0.2, 0.25) is 0 Å². The van der Waals surface area contributed by atoms with Crippen LogP contribution in [0.4, 0.5) is 10.5 Å². The molecule has 0 atom stereocenters. The second-order valence-corrected chi connectivity index (χ2v) is 10.7. The van der Waals surface area contributed by atoms with Crippen LogP contribution in [0.3, 0.4) is 0 Å². The van der Waals surface area contributed by atoms with Crippen molar-refractivity contribution in [3.63, 3.8) is 0 Å². The Bertz CT molecular complexity index is 1220. The first-order valence-electron chi connectivity index (χ1n) is 10.5. The molecule has 1 aliphatic heterocycles. The van der Waals surface area contributed by atoms with E-state index in [4.69, 9.17) is 4.74 Å². The molecule has 1 aromatic carbocycles. The third-order valence-electron chi connectivity index (χ3n) is 6.50.